The maximum atomic E-state index is 4.80. The van der Waals surface area contributed by atoms with Crippen LogP contribution >= 0.6 is 0 Å². The summed E-state index contributed by atoms with van der Waals surface area (Å²) in [4.78, 5) is 4.80. The van der Waals surface area contributed by atoms with Crippen molar-refractivity contribution in [2.75, 3.05) is 0 Å². The van der Waals surface area contributed by atoms with Crippen LogP contribution in [-0.2, 0) is 24.9 Å². The number of H-pyrrole nitrogens is 1. The highest BCUT2D eigenvalue weighted by atomic mass is 15.5. The first kappa shape index (κ1) is 20.0. The molecule has 0 saturated carbocycles. The van der Waals surface area contributed by atoms with Crippen molar-refractivity contribution < 1.29 is 0 Å². The van der Waals surface area contributed by atoms with Gasteiger partial charge in [0, 0.05) is 19.4 Å². The minimum Gasteiger partial charge on any atom is -0.372 e. The Balaban J connectivity index is 1.58. The predicted molar refractivity (Wildman–Crippen MR) is 115 cm³/mol. The number of dihydropyridines is 1. The Kier molecular flexibility index (Phi) is 6.02. The lowest BCUT2D eigenvalue weighted by molar-refractivity contribution is 0.529. The summed E-state index contributed by atoms with van der Waals surface area (Å²) in [6, 6.07) is 8.51. The van der Waals surface area contributed by atoms with Crippen LogP contribution in [0.25, 0.3) is 0 Å². The van der Waals surface area contributed by atoms with E-state index in [1.54, 1.807) is 0 Å². The average molecular weight is 405 g/mol. The molecule has 1 atom stereocenters. The van der Waals surface area contributed by atoms with E-state index in [4.69, 9.17) is 10.1 Å². The molecule has 8 heteroatoms. The summed E-state index contributed by atoms with van der Waals surface area (Å²) in [5, 5.41) is 22.9. The smallest absolute Gasteiger partial charge is 0.208 e. The zero-order valence-corrected chi connectivity index (χ0v) is 17.5. The monoisotopic (exact) mass is 404 g/mol. The fraction of sp³-hybridized carbons (Fsp3) is 0.409. The van der Waals surface area contributed by atoms with Gasteiger partial charge in [-0.05, 0) is 42.3 Å². The van der Waals surface area contributed by atoms with Crippen molar-refractivity contribution in [1.82, 2.24) is 40.7 Å². The van der Waals surface area contributed by atoms with Crippen LogP contribution < -0.4 is 5.32 Å². The lowest BCUT2D eigenvalue weighted by Gasteiger charge is -2.30. The fourth-order valence-electron chi connectivity index (χ4n) is 3.70. The Bertz CT molecular complexity index is 1000. The van der Waals surface area contributed by atoms with Crippen LogP contribution in [0.3, 0.4) is 0 Å². The highest BCUT2D eigenvalue weighted by molar-refractivity contribution is 5.42. The molecule has 0 spiro atoms. The van der Waals surface area contributed by atoms with E-state index < -0.39 is 5.54 Å². The van der Waals surface area contributed by atoms with E-state index in [0.717, 1.165) is 55.9 Å². The first-order valence-corrected chi connectivity index (χ1v) is 10.6. The first-order chi connectivity index (χ1) is 14.7. The summed E-state index contributed by atoms with van der Waals surface area (Å²) in [6.45, 7) is 5.28. The normalized spacial score (nSPS) is 17.9. The molecule has 0 saturated heterocycles. The Morgan fingerprint density at radius 3 is 2.60 bits per heavy atom. The van der Waals surface area contributed by atoms with Gasteiger partial charge in [0.2, 0.25) is 5.82 Å². The minimum absolute atomic E-state index is 0.583. The summed E-state index contributed by atoms with van der Waals surface area (Å²) in [5.41, 5.74) is 1.62. The molecule has 30 heavy (non-hydrogen) atoms. The summed E-state index contributed by atoms with van der Waals surface area (Å²) in [5.74, 6) is 2.56. The van der Waals surface area contributed by atoms with E-state index in [1.165, 1.54) is 5.56 Å². The number of hydrogen-bond acceptors (Lipinski definition) is 6. The van der Waals surface area contributed by atoms with E-state index in [2.05, 4.69) is 68.7 Å². The van der Waals surface area contributed by atoms with Crippen molar-refractivity contribution in [3.8, 4) is 0 Å². The standard InChI is InChI=1S/C22H28N8/c1-3-5-15-30-20(24-19(27-30)8-4-2)16-17-9-11-18(12-10-17)22(13-6-7-14-23-22)21-25-28-29-26-21/h6-7,9-14,23H,3-5,8,15-16H2,1-2H3,(H,25,26,28,29). The van der Waals surface area contributed by atoms with Crippen LogP contribution in [0.4, 0.5) is 0 Å². The van der Waals surface area contributed by atoms with Crippen molar-refractivity contribution in [2.24, 2.45) is 0 Å². The van der Waals surface area contributed by atoms with Crippen LogP contribution in [0, 0.1) is 0 Å². The van der Waals surface area contributed by atoms with Crippen molar-refractivity contribution in [3.63, 3.8) is 0 Å². The van der Waals surface area contributed by atoms with Crippen molar-refractivity contribution >= 4 is 0 Å². The zero-order valence-electron chi connectivity index (χ0n) is 17.5. The minimum atomic E-state index is -0.629. The average Bonchev–Trinajstić information content (AvgIpc) is 3.44. The molecule has 4 rings (SSSR count). The molecule has 1 aliphatic heterocycles. The van der Waals surface area contributed by atoms with Gasteiger partial charge in [-0.2, -0.15) is 10.3 Å². The molecule has 156 valence electrons. The predicted octanol–water partition coefficient (Wildman–Crippen LogP) is 3.05. The molecule has 3 heterocycles. The topological polar surface area (TPSA) is 97.2 Å². The Morgan fingerprint density at radius 1 is 1.07 bits per heavy atom. The number of nitrogens with one attached hydrogen (secondary N) is 2. The maximum absolute atomic E-state index is 4.80. The van der Waals surface area contributed by atoms with Crippen molar-refractivity contribution in [3.05, 3.63) is 77.3 Å². The molecule has 3 aromatic rings. The summed E-state index contributed by atoms with van der Waals surface area (Å²) < 4.78 is 2.08. The largest absolute Gasteiger partial charge is 0.372 e. The van der Waals surface area contributed by atoms with E-state index >= 15 is 0 Å². The summed E-state index contributed by atoms with van der Waals surface area (Å²) in [6.07, 6.45) is 12.9. The Hall–Kier alpha value is -3.29. The van der Waals surface area contributed by atoms with E-state index in [1.807, 2.05) is 24.4 Å². The number of unbranched alkanes of at least 4 members (excludes halogenated alkanes) is 1. The number of allylic oxidation sites excluding steroid dienone is 2. The fourth-order valence-corrected chi connectivity index (χ4v) is 3.70. The number of aromatic nitrogens is 7. The molecule has 0 fully saturated rings. The molecule has 1 aromatic carbocycles. The highest BCUT2D eigenvalue weighted by Gasteiger charge is 2.35. The van der Waals surface area contributed by atoms with Crippen LogP contribution in [0.1, 0.15) is 61.7 Å². The summed E-state index contributed by atoms with van der Waals surface area (Å²) >= 11 is 0. The quantitative estimate of drug-likeness (QED) is 0.569. The molecule has 8 nitrogen and oxygen atoms in total. The van der Waals surface area contributed by atoms with Gasteiger partial charge < -0.3 is 5.32 Å². The zero-order chi connectivity index (χ0) is 20.8. The van der Waals surface area contributed by atoms with Gasteiger partial charge in [0.15, 0.2) is 5.82 Å². The molecule has 0 bridgehead atoms. The maximum Gasteiger partial charge on any atom is 0.208 e. The van der Waals surface area contributed by atoms with Gasteiger partial charge in [0.1, 0.15) is 11.4 Å². The number of hydrogen-bond donors (Lipinski definition) is 2. The third-order valence-corrected chi connectivity index (χ3v) is 5.32. The second-order valence-electron chi connectivity index (χ2n) is 7.55. The summed E-state index contributed by atoms with van der Waals surface area (Å²) in [7, 11) is 0. The number of benzene rings is 1. The molecule has 1 aliphatic rings. The Morgan fingerprint density at radius 2 is 1.93 bits per heavy atom. The molecular formula is C22H28N8. The van der Waals surface area contributed by atoms with Crippen molar-refractivity contribution in [1.29, 1.82) is 0 Å². The van der Waals surface area contributed by atoms with Crippen LogP contribution in [0.15, 0.2) is 48.7 Å². The molecule has 0 radical (unpaired) electrons. The molecule has 0 amide bonds. The van der Waals surface area contributed by atoms with Crippen LogP contribution in [-0.4, -0.2) is 35.4 Å². The second-order valence-corrected chi connectivity index (χ2v) is 7.55. The molecular weight excluding hydrogens is 376 g/mol. The first-order valence-electron chi connectivity index (χ1n) is 10.6. The number of rotatable bonds is 9. The van der Waals surface area contributed by atoms with Gasteiger partial charge >= 0.3 is 0 Å². The van der Waals surface area contributed by atoms with Gasteiger partial charge in [-0.25, -0.2) is 9.67 Å². The SMILES string of the molecule is CCCCn1nc(CCC)nc1Cc1ccc(C2(c3nn[nH]n3)C=CC=CN2)cc1. The number of tetrazole rings is 1. The highest BCUT2D eigenvalue weighted by Crippen LogP contribution is 2.30. The van der Waals surface area contributed by atoms with Crippen LogP contribution in [0.5, 0.6) is 0 Å². The third kappa shape index (κ3) is 4.03. The number of aromatic amines is 1. The van der Waals surface area contributed by atoms with Gasteiger partial charge in [-0.15, -0.1) is 10.2 Å². The molecule has 2 aromatic heterocycles. The third-order valence-electron chi connectivity index (χ3n) is 5.32. The second kappa shape index (κ2) is 9.02. The van der Waals surface area contributed by atoms with Gasteiger partial charge in [0.25, 0.3) is 0 Å². The Labute approximate surface area is 176 Å². The molecule has 2 N–H and O–H groups in total. The molecule has 0 aliphatic carbocycles. The van der Waals surface area contributed by atoms with Crippen LogP contribution in [0.2, 0.25) is 0 Å². The van der Waals surface area contributed by atoms with Gasteiger partial charge in [-0.1, -0.05) is 55.8 Å². The lowest BCUT2D eigenvalue weighted by atomic mass is 9.86. The number of nitrogens with zero attached hydrogens (tertiary/aromatic N) is 6. The number of aryl methyl sites for hydroxylation is 2. The lowest BCUT2D eigenvalue weighted by Crippen LogP contribution is -2.40. The van der Waals surface area contributed by atoms with Gasteiger partial charge in [0.05, 0.1) is 0 Å². The van der Waals surface area contributed by atoms with E-state index in [9.17, 15) is 0 Å². The van der Waals surface area contributed by atoms with Crippen molar-refractivity contribution in [2.45, 2.75) is 58.0 Å². The molecule has 1 unspecified atom stereocenters. The van der Waals surface area contributed by atoms with E-state index in [0.29, 0.717) is 5.82 Å². The van der Waals surface area contributed by atoms with E-state index in [-0.39, 0.29) is 0 Å². The van der Waals surface area contributed by atoms with Gasteiger partial charge in [-0.3, -0.25) is 0 Å².